The molecule has 0 saturated carbocycles. The van der Waals surface area contributed by atoms with E-state index >= 15 is 0 Å². The minimum atomic E-state index is -0.872. The van der Waals surface area contributed by atoms with Crippen LogP contribution in [0.3, 0.4) is 0 Å². The Morgan fingerprint density at radius 1 is 1.17 bits per heavy atom. The Balaban J connectivity index is 3.32. The molecule has 0 nitrogen and oxygen atoms in total. The summed E-state index contributed by atoms with van der Waals surface area (Å²) < 4.78 is 0. The quantitative estimate of drug-likeness (QED) is 0.324. The monoisotopic (exact) mass is 248 g/mol. The molecular formula is C8H16Cl3P. The van der Waals surface area contributed by atoms with Crippen LogP contribution in [0.4, 0.5) is 0 Å². The minimum absolute atomic E-state index is 0.335. The van der Waals surface area contributed by atoms with Gasteiger partial charge in [-0.1, -0.05) is 55.1 Å². The third-order valence-electron chi connectivity index (χ3n) is 1.85. The van der Waals surface area contributed by atoms with E-state index in [4.69, 9.17) is 34.1 Å². The van der Waals surface area contributed by atoms with Crippen LogP contribution in [0.5, 0.6) is 0 Å². The molecule has 0 amide bonds. The number of alkyl halides is 1. The highest BCUT2D eigenvalue weighted by atomic mass is 35.9. The molecule has 1 unspecified atom stereocenters. The molecule has 0 rings (SSSR count). The zero-order chi connectivity index (χ0) is 9.40. The molecule has 0 aliphatic rings. The van der Waals surface area contributed by atoms with E-state index in [0.29, 0.717) is 11.5 Å². The zero-order valence-corrected chi connectivity index (χ0v) is 10.6. The van der Waals surface area contributed by atoms with Gasteiger partial charge in [-0.15, -0.1) is 11.6 Å². The molecule has 74 valence electrons. The van der Waals surface area contributed by atoms with Crippen LogP contribution >= 0.6 is 40.7 Å². The second kappa shape index (κ2) is 8.88. The standard InChI is InChI=1S/C8H16Cl3P/c1-2-3-4-5-6-8(7-9)12(10)11/h8H,2-7H2,1H3. The van der Waals surface area contributed by atoms with Gasteiger partial charge in [-0.2, -0.15) is 0 Å². The van der Waals surface area contributed by atoms with Crippen molar-refractivity contribution < 1.29 is 0 Å². The van der Waals surface area contributed by atoms with E-state index in [9.17, 15) is 0 Å². The summed E-state index contributed by atoms with van der Waals surface area (Å²) in [6, 6.07) is 0. The van der Waals surface area contributed by atoms with Crippen molar-refractivity contribution in [1.82, 2.24) is 0 Å². The summed E-state index contributed by atoms with van der Waals surface area (Å²) in [6.45, 7) is 1.33. The largest absolute Gasteiger partial charge is 0.126 e. The Bertz CT molecular complexity index is 98.3. The summed E-state index contributed by atoms with van der Waals surface area (Å²) in [5.74, 6) is 0.602. The van der Waals surface area contributed by atoms with Gasteiger partial charge in [-0.3, -0.25) is 0 Å². The molecule has 0 aromatic rings. The predicted molar refractivity (Wildman–Crippen MR) is 61.9 cm³/mol. The Kier molecular flexibility index (Phi) is 9.84. The molecule has 0 radical (unpaired) electrons. The number of halogens is 3. The normalized spacial score (nSPS) is 13.8. The van der Waals surface area contributed by atoms with E-state index in [2.05, 4.69) is 6.92 Å². The minimum Gasteiger partial charge on any atom is -0.126 e. The smallest absolute Gasteiger partial charge is 0.0898 e. The lowest BCUT2D eigenvalue weighted by atomic mass is 10.1. The molecule has 0 fully saturated rings. The zero-order valence-electron chi connectivity index (χ0n) is 7.40. The maximum Gasteiger partial charge on any atom is 0.0898 e. The molecule has 0 aromatic heterocycles. The lowest BCUT2D eigenvalue weighted by Crippen LogP contribution is -2.02. The van der Waals surface area contributed by atoms with Gasteiger partial charge in [-0.25, -0.2) is 0 Å². The van der Waals surface area contributed by atoms with Gasteiger partial charge >= 0.3 is 0 Å². The van der Waals surface area contributed by atoms with Crippen molar-refractivity contribution in [2.75, 3.05) is 5.88 Å². The molecule has 12 heavy (non-hydrogen) atoms. The number of unbranched alkanes of at least 4 members (excludes halogenated alkanes) is 3. The van der Waals surface area contributed by atoms with Gasteiger partial charge in [0.15, 0.2) is 0 Å². The lowest BCUT2D eigenvalue weighted by Gasteiger charge is -2.13. The van der Waals surface area contributed by atoms with Crippen LogP contribution in [0.1, 0.15) is 39.0 Å². The highest BCUT2D eigenvalue weighted by Crippen LogP contribution is 2.53. The Hall–Kier alpha value is 1.30. The third-order valence-corrected chi connectivity index (χ3v) is 5.08. The van der Waals surface area contributed by atoms with Crippen molar-refractivity contribution in [3.8, 4) is 0 Å². The first-order chi connectivity index (χ1) is 5.72. The topological polar surface area (TPSA) is 0 Å². The molecule has 4 heteroatoms. The van der Waals surface area contributed by atoms with Gasteiger partial charge in [0.1, 0.15) is 0 Å². The van der Waals surface area contributed by atoms with Crippen LogP contribution in [-0.2, 0) is 0 Å². The van der Waals surface area contributed by atoms with E-state index in [-0.39, 0.29) is 0 Å². The fourth-order valence-corrected chi connectivity index (χ4v) is 3.51. The molecular weight excluding hydrogens is 233 g/mol. The maximum absolute atomic E-state index is 5.80. The summed E-state index contributed by atoms with van der Waals surface area (Å²) in [6.07, 6.45) is 6.14. The van der Waals surface area contributed by atoms with Crippen molar-refractivity contribution in [1.29, 1.82) is 0 Å². The second-order valence-corrected chi connectivity index (χ2v) is 7.18. The summed E-state index contributed by atoms with van der Waals surface area (Å²) in [5.41, 5.74) is 0.335. The lowest BCUT2D eigenvalue weighted by molar-refractivity contribution is 0.631. The number of rotatable bonds is 7. The molecule has 0 heterocycles. The molecule has 0 bridgehead atoms. The van der Waals surface area contributed by atoms with Crippen molar-refractivity contribution in [2.45, 2.75) is 44.7 Å². The van der Waals surface area contributed by atoms with Crippen LogP contribution in [0.2, 0.25) is 0 Å². The van der Waals surface area contributed by atoms with Crippen LogP contribution in [0.15, 0.2) is 0 Å². The third kappa shape index (κ3) is 6.78. The van der Waals surface area contributed by atoms with Gasteiger partial charge in [0, 0.05) is 11.5 Å². The maximum atomic E-state index is 5.80. The van der Waals surface area contributed by atoms with Gasteiger partial charge in [0.25, 0.3) is 0 Å². The SMILES string of the molecule is CCCCCCC(CCl)P(Cl)Cl. The number of hydrogen-bond donors (Lipinski definition) is 0. The van der Waals surface area contributed by atoms with Crippen LogP contribution in [0, 0.1) is 0 Å². The first kappa shape index (κ1) is 13.3. The van der Waals surface area contributed by atoms with Gasteiger partial charge in [0.2, 0.25) is 0 Å². The molecule has 0 saturated heterocycles. The van der Waals surface area contributed by atoms with Gasteiger partial charge < -0.3 is 0 Å². The summed E-state index contributed by atoms with van der Waals surface area (Å²) >= 11 is 17.3. The summed E-state index contributed by atoms with van der Waals surface area (Å²) in [7, 11) is 0. The van der Waals surface area contributed by atoms with E-state index in [1.54, 1.807) is 0 Å². The first-order valence-corrected chi connectivity index (χ1v) is 8.14. The van der Waals surface area contributed by atoms with Crippen LogP contribution in [0.25, 0.3) is 0 Å². The molecule has 1 atom stereocenters. The fraction of sp³-hybridized carbons (Fsp3) is 1.00. The number of hydrogen-bond acceptors (Lipinski definition) is 0. The van der Waals surface area contributed by atoms with Gasteiger partial charge in [-0.05, 0) is 6.42 Å². The Morgan fingerprint density at radius 2 is 1.83 bits per heavy atom. The molecule has 0 spiro atoms. The van der Waals surface area contributed by atoms with E-state index in [0.717, 1.165) is 6.42 Å². The Morgan fingerprint density at radius 3 is 2.25 bits per heavy atom. The molecule has 0 aliphatic heterocycles. The van der Waals surface area contributed by atoms with E-state index in [1.165, 1.54) is 25.7 Å². The highest BCUT2D eigenvalue weighted by molar-refractivity contribution is 8.04. The highest BCUT2D eigenvalue weighted by Gasteiger charge is 2.15. The van der Waals surface area contributed by atoms with Crippen LogP contribution < -0.4 is 0 Å². The second-order valence-electron chi connectivity index (χ2n) is 2.92. The van der Waals surface area contributed by atoms with E-state index < -0.39 is 6.63 Å². The summed E-state index contributed by atoms with van der Waals surface area (Å²) in [4.78, 5) is 0. The average Bonchev–Trinajstić information content (AvgIpc) is 2.04. The predicted octanol–water partition coefficient (Wildman–Crippen LogP) is 5.35. The van der Waals surface area contributed by atoms with Crippen molar-refractivity contribution in [2.24, 2.45) is 0 Å². The molecule has 0 aromatic carbocycles. The molecule has 0 aliphatic carbocycles. The summed E-state index contributed by atoms with van der Waals surface area (Å²) in [5, 5.41) is 0. The van der Waals surface area contributed by atoms with Crippen molar-refractivity contribution in [3.63, 3.8) is 0 Å². The molecule has 0 N–H and O–H groups in total. The van der Waals surface area contributed by atoms with Gasteiger partial charge in [0.05, 0.1) is 6.63 Å². The fourth-order valence-electron chi connectivity index (χ4n) is 1.03. The van der Waals surface area contributed by atoms with E-state index in [1.807, 2.05) is 0 Å². The van der Waals surface area contributed by atoms with Crippen LogP contribution in [-0.4, -0.2) is 11.5 Å². The Labute approximate surface area is 91.3 Å². The average molecular weight is 250 g/mol. The van der Waals surface area contributed by atoms with Crippen molar-refractivity contribution >= 4 is 40.7 Å². The van der Waals surface area contributed by atoms with Crippen molar-refractivity contribution in [3.05, 3.63) is 0 Å². The first-order valence-electron chi connectivity index (χ1n) is 4.39.